The average Bonchev–Trinajstić information content (AvgIpc) is 2.75. The predicted octanol–water partition coefficient (Wildman–Crippen LogP) is 4.43. The van der Waals surface area contributed by atoms with Gasteiger partial charge in [-0.25, -0.2) is 4.98 Å². The van der Waals surface area contributed by atoms with Crippen molar-refractivity contribution in [2.75, 3.05) is 7.11 Å². The molecule has 3 rings (SSSR count). The largest absolute Gasteiger partial charge is 0.495 e. The number of nitrogens with zero attached hydrogens (tertiary/aromatic N) is 2. The Hall–Kier alpha value is -1.52. The van der Waals surface area contributed by atoms with E-state index in [2.05, 4.69) is 20.9 Å². The first-order chi connectivity index (χ1) is 9.19. The van der Waals surface area contributed by atoms with Gasteiger partial charge in [0.05, 0.1) is 18.8 Å². The number of aromatic nitrogens is 2. The summed E-state index contributed by atoms with van der Waals surface area (Å²) in [4.78, 5) is 4.54. The van der Waals surface area contributed by atoms with E-state index in [1.807, 2.05) is 47.0 Å². The lowest BCUT2D eigenvalue weighted by molar-refractivity contribution is 0.412. The Bertz CT molecular complexity index is 754. The van der Waals surface area contributed by atoms with Gasteiger partial charge in [-0.2, -0.15) is 0 Å². The zero-order valence-corrected chi connectivity index (χ0v) is 12.4. The molecule has 0 fully saturated rings. The van der Waals surface area contributed by atoms with Crippen molar-refractivity contribution in [2.24, 2.45) is 0 Å². The van der Waals surface area contributed by atoms with E-state index in [1.165, 1.54) is 0 Å². The lowest BCUT2D eigenvalue weighted by Crippen LogP contribution is -1.91. The van der Waals surface area contributed by atoms with Crippen LogP contribution in [0.1, 0.15) is 0 Å². The molecule has 0 aliphatic rings. The first-order valence-electron chi connectivity index (χ1n) is 5.66. The van der Waals surface area contributed by atoms with Crippen molar-refractivity contribution < 1.29 is 4.74 Å². The summed E-state index contributed by atoms with van der Waals surface area (Å²) in [7, 11) is 1.65. The number of fused-ring (bicyclic) bond motifs is 1. The fourth-order valence-corrected chi connectivity index (χ4v) is 2.66. The molecular weight excluding hydrogens is 328 g/mol. The van der Waals surface area contributed by atoms with Crippen molar-refractivity contribution in [1.29, 1.82) is 0 Å². The standard InChI is InChI=1S/C14H10BrClN2O/c1-19-11-5-6-12-13(15)17-14(18(12)8-11)9-3-2-4-10(16)7-9/h2-8H,1H3. The van der Waals surface area contributed by atoms with Crippen LogP contribution in [0.15, 0.2) is 47.2 Å². The monoisotopic (exact) mass is 336 g/mol. The number of rotatable bonds is 2. The lowest BCUT2D eigenvalue weighted by atomic mass is 10.2. The molecule has 1 aromatic carbocycles. The summed E-state index contributed by atoms with van der Waals surface area (Å²) < 4.78 is 8.03. The van der Waals surface area contributed by atoms with Crippen molar-refractivity contribution in [2.45, 2.75) is 0 Å². The molecule has 0 atom stereocenters. The molecule has 2 heterocycles. The molecule has 19 heavy (non-hydrogen) atoms. The van der Waals surface area contributed by atoms with Crippen LogP contribution in [0.3, 0.4) is 0 Å². The third-order valence-corrected chi connectivity index (χ3v) is 3.70. The van der Waals surface area contributed by atoms with Crippen LogP contribution >= 0.6 is 27.5 Å². The smallest absolute Gasteiger partial charge is 0.146 e. The van der Waals surface area contributed by atoms with E-state index >= 15 is 0 Å². The van der Waals surface area contributed by atoms with Gasteiger partial charge < -0.3 is 4.74 Å². The normalized spacial score (nSPS) is 10.9. The van der Waals surface area contributed by atoms with Crippen LogP contribution in [0.2, 0.25) is 5.02 Å². The van der Waals surface area contributed by atoms with E-state index in [4.69, 9.17) is 16.3 Å². The van der Waals surface area contributed by atoms with Crippen molar-refractivity contribution in [3.63, 3.8) is 0 Å². The maximum absolute atomic E-state index is 6.04. The third-order valence-electron chi connectivity index (χ3n) is 2.88. The highest BCUT2D eigenvalue weighted by Gasteiger charge is 2.11. The van der Waals surface area contributed by atoms with Crippen molar-refractivity contribution >= 4 is 33.0 Å². The molecule has 0 amide bonds. The summed E-state index contributed by atoms with van der Waals surface area (Å²) in [6.07, 6.45) is 1.91. The molecule has 0 unspecified atom stereocenters. The van der Waals surface area contributed by atoms with Gasteiger partial charge in [0.25, 0.3) is 0 Å². The van der Waals surface area contributed by atoms with E-state index in [0.29, 0.717) is 5.02 Å². The molecule has 0 aliphatic heterocycles. The van der Waals surface area contributed by atoms with Crippen molar-refractivity contribution in [1.82, 2.24) is 9.38 Å². The van der Waals surface area contributed by atoms with E-state index in [1.54, 1.807) is 7.11 Å². The number of ether oxygens (including phenoxy) is 1. The maximum atomic E-state index is 6.04. The Labute approximate surface area is 123 Å². The fourth-order valence-electron chi connectivity index (χ4n) is 1.98. The Morgan fingerprint density at radius 2 is 2.11 bits per heavy atom. The van der Waals surface area contributed by atoms with Crippen molar-refractivity contribution in [3.8, 4) is 17.1 Å². The Morgan fingerprint density at radius 3 is 2.84 bits per heavy atom. The predicted molar refractivity (Wildman–Crippen MR) is 79.9 cm³/mol. The van der Waals surface area contributed by atoms with E-state index in [9.17, 15) is 0 Å². The number of imidazole rings is 1. The summed E-state index contributed by atoms with van der Waals surface area (Å²) in [6.45, 7) is 0. The molecule has 0 N–H and O–H groups in total. The highest BCUT2D eigenvalue weighted by Crippen LogP contribution is 2.29. The Kier molecular flexibility index (Phi) is 3.21. The first kappa shape index (κ1) is 12.5. The van der Waals surface area contributed by atoms with Crippen LogP contribution in [0.4, 0.5) is 0 Å². The average molecular weight is 338 g/mol. The van der Waals surface area contributed by atoms with Gasteiger partial charge in [-0.05, 0) is 40.2 Å². The number of benzene rings is 1. The minimum Gasteiger partial charge on any atom is -0.495 e. The van der Waals surface area contributed by atoms with Gasteiger partial charge in [-0.3, -0.25) is 4.40 Å². The highest BCUT2D eigenvalue weighted by atomic mass is 79.9. The zero-order chi connectivity index (χ0) is 13.4. The van der Waals surface area contributed by atoms with Crippen LogP contribution in [0.25, 0.3) is 16.9 Å². The summed E-state index contributed by atoms with van der Waals surface area (Å²) >= 11 is 9.51. The van der Waals surface area contributed by atoms with Crippen molar-refractivity contribution in [3.05, 3.63) is 52.2 Å². The molecule has 3 nitrogen and oxygen atoms in total. The summed E-state index contributed by atoms with van der Waals surface area (Å²) in [5.41, 5.74) is 1.94. The van der Waals surface area contributed by atoms with Gasteiger partial charge >= 0.3 is 0 Å². The van der Waals surface area contributed by atoms with E-state index in [-0.39, 0.29) is 0 Å². The Balaban J connectivity index is 2.28. The van der Waals surface area contributed by atoms with Gasteiger partial charge in [0.2, 0.25) is 0 Å². The molecule has 0 saturated heterocycles. The van der Waals surface area contributed by atoms with Gasteiger partial charge in [0.15, 0.2) is 0 Å². The van der Waals surface area contributed by atoms with Gasteiger partial charge in [0, 0.05) is 10.6 Å². The van der Waals surface area contributed by atoms with Gasteiger partial charge in [0.1, 0.15) is 16.2 Å². The second-order valence-electron chi connectivity index (χ2n) is 4.06. The topological polar surface area (TPSA) is 26.5 Å². The zero-order valence-electron chi connectivity index (χ0n) is 10.1. The molecule has 5 heteroatoms. The molecule has 3 aromatic rings. The van der Waals surface area contributed by atoms with Crippen LogP contribution in [0, 0.1) is 0 Å². The summed E-state index contributed by atoms with van der Waals surface area (Å²) in [5, 5.41) is 0.688. The first-order valence-corrected chi connectivity index (χ1v) is 6.83. The molecular formula is C14H10BrClN2O. The molecule has 0 spiro atoms. The quantitative estimate of drug-likeness (QED) is 0.692. The molecule has 96 valence electrons. The van der Waals surface area contributed by atoms with Crippen LogP contribution in [-0.4, -0.2) is 16.5 Å². The van der Waals surface area contributed by atoms with Gasteiger partial charge in [-0.1, -0.05) is 23.7 Å². The molecule has 0 saturated carbocycles. The summed E-state index contributed by atoms with van der Waals surface area (Å²) in [5.74, 6) is 1.60. The number of pyridine rings is 1. The van der Waals surface area contributed by atoms with Crippen LogP contribution in [-0.2, 0) is 0 Å². The van der Waals surface area contributed by atoms with Crippen LogP contribution in [0.5, 0.6) is 5.75 Å². The minimum absolute atomic E-state index is 0.688. The lowest BCUT2D eigenvalue weighted by Gasteiger charge is -2.04. The molecule has 0 bridgehead atoms. The van der Waals surface area contributed by atoms with E-state index < -0.39 is 0 Å². The number of halogens is 2. The summed E-state index contributed by atoms with van der Waals surface area (Å²) in [6, 6.07) is 11.5. The van der Waals surface area contributed by atoms with Gasteiger partial charge in [-0.15, -0.1) is 0 Å². The molecule has 0 aliphatic carbocycles. The van der Waals surface area contributed by atoms with Crippen LogP contribution < -0.4 is 4.74 Å². The number of methoxy groups -OCH3 is 1. The second kappa shape index (κ2) is 4.87. The SMILES string of the molecule is COc1ccc2c(Br)nc(-c3cccc(Cl)c3)n2c1. The number of hydrogen-bond donors (Lipinski definition) is 0. The third kappa shape index (κ3) is 2.22. The maximum Gasteiger partial charge on any atom is 0.146 e. The molecule has 2 aromatic heterocycles. The fraction of sp³-hybridized carbons (Fsp3) is 0.0714. The molecule has 0 radical (unpaired) electrons. The minimum atomic E-state index is 0.688. The number of hydrogen-bond acceptors (Lipinski definition) is 2. The van der Waals surface area contributed by atoms with E-state index in [0.717, 1.165) is 27.3 Å². The second-order valence-corrected chi connectivity index (χ2v) is 5.25. The highest BCUT2D eigenvalue weighted by molar-refractivity contribution is 9.10. The Morgan fingerprint density at radius 1 is 1.26 bits per heavy atom.